The Bertz CT molecular complexity index is 1700. The van der Waals surface area contributed by atoms with Gasteiger partial charge >= 0.3 is 17.9 Å². The first-order valence-electron chi connectivity index (χ1n) is 35.0. The minimum Gasteiger partial charge on any atom is -0.462 e. The Morgan fingerprint density at radius 1 is 0.253 bits per heavy atom. The molecular weight excluding hydrogens is 1020 g/mol. The number of rotatable bonds is 63. The molecule has 0 spiro atoms. The molecule has 1 atom stereocenters. The highest BCUT2D eigenvalue weighted by Gasteiger charge is 2.19. The van der Waals surface area contributed by atoms with Gasteiger partial charge in [0.1, 0.15) is 13.2 Å². The zero-order chi connectivity index (χ0) is 59.9. The summed E-state index contributed by atoms with van der Waals surface area (Å²) in [6.07, 6.45) is 98.1. The van der Waals surface area contributed by atoms with Crippen molar-refractivity contribution in [2.75, 3.05) is 13.2 Å². The van der Waals surface area contributed by atoms with E-state index in [4.69, 9.17) is 14.2 Å². The smallest absolute Gasteiger partial charge is 0.306 e. The van der Waals surface area contributed by atoms with Crippen LogP contribution in [0.5, 0.6) is 0 Å². The van der Waals surface area contributed by atoms with Gasteiger partial charge in [-0.05, 0) is 128 Å². The van der Waals surface area contributed by atoms with Gasteiger partial charge in [-0.15, -0.1) is 0 Å². The lowest BCUT2D eigenvalue weighted by Gasteiger charge is -2.18. The summed E-state index contributed by atoms with van der Waals surface area (Å²) in [6, 6.07) is 0. The Morgan fingerprint density at radius 3 is 0.771 bits per heavy atom. The fraction of sp³-hybridized carbons (Fsp3) is 0.701. The summed E-state index contributed by atoms with van der Waals surface area (Å²) in [6.45, 7) is 6.39. The van der Waals surface area contributed by atoms with Crippen LogP contribution in [0, 0.1) is 0 Å². The lowest BCUT2D eigenvalue weighted by Crippen LogP contribution is -2.30. The third-order valence-electron chi connectivity index (χ3n) is 14.9. The number of unbranched alkanes of at least 4 members (excludes halogenated alkanes) is 32. The molecule has 6 nitrogen and oxygen atoms in total. The van der Waals surface area contributed by atoms with Crippen molar-refractivity contribution in [1.29, 1.82) is 0 Å². The van der Waals surface area contributed by atoms with Crippen molar-refractivity contribution in [1.82, 2.24) is 0 Å². The van der Waals surface area contributed by atoms with Gasteiger partial charge in [-0.1, -0.05) is 303 Å². The Kier molecular flexibility index (Phi) is 66.7. The molecule has 0 aromatic carbocycles. The minimum atomic E-state index is -0.813. The zero-order valence-electron chi connectivity index (χ0n) is 54.4. The molecule has 0 aromatic rings. The van der Waals surface area contributed by atoms with Crippen LogP contribution >= 0.6 is 0 Å². The van der Waals surface area contributed by atoms with Gasteiger partial charge in [-0.25, -0.2) is 0 Å². The number of hydrogen-bond donors (Lipinski definition) is 0. The fourth-order valence-corrected chi connectivity index (χ4v) is 9.75. The predicted molar refractivity (Wildman–Crippen MR) is 362 cm³/mol. The summed E-state index contributed by atoms with van der Waals surface area (Å²) >= 11 is 0. The van der Waals surface area contributed by atoms with E-state index in [2.05, 4.69) is 142 Å². The molecule has 474 valence electrons. The monoisotopic (exact) mass is 1150 g/mol. The highest BCUT2D eigenvalue weighted by atomic mass is 16.6. The van der Waals surface area contributed by atoms with Crippen molar-refractivity contribution in [2.24, 2.45) is 0 Å². The quantitative estimate of drug-likeness (QED) is 0.0261. The molecule has 0 heterocycles. The minimum absolute atomic E-state index is 0.102. The van der Waals surface area contributed by atoms with Crippen LogP contribution in [-0.2, 0) is 28.6 Å². The summed E-state index contributed by atoms with van der Waals surface area (Å²) in [5, 5.41) is 0. The van der Waals surface area contributed by atoms with Crippen LogP contribution < -0.4 is 0 Å². The van der Waals surface area contributed by atoms with E-state index in [0.717, 1.165) is 128 Å². The Balaban J connectivity index is 4.35. The van der Waals surface area contributed by atoms with E-state index in [1.165, 1.54) is 154 Å². The molecule has 0 saturated heterocycles. The first-order chi connectivity index (χ1) is 41.0. The molecule has 0 saturated carbocycles. The SMILES string of the molecule is CC/C=C\C/C=C\C/C=C\C/C=C\C/C=C\C/C=C\CCCCC(=O)OC(COC(=O)CCCCCCC/C=C\C/C=C\C/C=C\CC)COC(=O)CCCCCCCCCCCCCCCCCCC/C=C\CCCCCCCCCC. The van der Waals surface area contributed by atoms with Crippen molar-refractivity contribution in [3.05, 3.63) is 122 Å². The molecule has 0 N–H and O–H groups in total. The maximum atomic E-state index is 12.9. The number of esters is 3. The van der Waals surface area contributed by atoms with Crippen molar-refractivity contribution in [3.63, 3.8) is 0 Å². The lowest BCUT2D eigenvalue weighted by atomic mass is 10.0. The molecule has 0 aliphatic heterocycles. The van der Waals surface area contributed by atoms with Gasteiger partial charge in [0.2, 0.25) is 0 Å². The van der Waals surface area contributed by atoms with Crippen LogP contribution in [0.15, 0.2) is 122 Å². The summed E-state index contributed by atoms with van der Waals surface area (Å²) in [4.78, 5) is 38.4. The largest absolute Gasteiger partial charge is 0.462 e. The van der Waals surface area contributed by atoms with E-state index in [9.17, 15) is 14.4 Å². The Hall–Kier alpha value is -4.19. The summed E-state index contributed by atoms with van der Waals surface area (Å²) in [7, 11) is 0. The first-order valence-corrected chi connectivity index (χ1v) is 35.0. The van der Waals surface area contributed by atoms with Gasteiger partial charge in [0.15, 0.2) is 6.10 Å². The van der Waals surface area contributed by atoms with Crippen LogP contribution in [0.3, 0.4) is 0 Å². The molecule has 0 aliphatic rings. The van der Waals surface area contributed by atoms with Crippen molar-refractivity contribution >= 4 is 17.9 Å². The highest BCUT2D eigenvalue weighted by molar-refractivity contribution is 5.71. The van der Waals surface area contributed by atoms with Crippen LogP contribution in [0.4, 0.5) is 0 Å². The molecule has 0 aliphatic carbocycles. The first kappa shape index (κ1) is 78.8. The number of carbonyl (C=O) groups is 3. The van der Waals surface area contributed by atoms with Crippen molar-refractivity contribution in [2.45, 2.75) is 335 Å². The highest BCUT2D eigenvalue weighted by Crippen LogP contribution is 2.17. The average molecular weight is 1150 g/mol. The summed E-state index contributed by atoms with van der Waals surface area (Å²) < 4.78 is 16.9. The van der Waals surface area contributed by atoms with E-state index in [0.29, 0.717) is 19.3 Å². The van der Waals surface area contributed by atoms with E-state index in [1.54, 1.807) is 0 Å². The van der Waals surface area contributed by atoms with Crippen molar-refractivity contribution in [3.8, 4) is 0 Å². The number of hydrogen-bond acceptors (Lipinski definition) is 6. The van der Waals surface area contributed by atoms with Gasteiger partial charge in [-0.2, -0.15) is 0 Å². The van der Waals surface area contributed by atoms with Gasteiger partial charge in [0.25, 0.3) is 0 Å². The maximum absolute atomic E-state index is 12.9. The van der Waals surface area contributed by atoms with E-state index < -0.39 is 6.10 Å². The summed E-state index contributed by atoms with van der Waals surface area (Å²) in [5.74, 6) is -0.955. The molecule has 83 heavy (non-hydrogen) atoms. The van der Waals surface area contributed by atoms with Crippen LogP contribution in [0.1, 0.15) is 329 Å². The standard InChI is InChI=1S/C77H130O6/c1-4-7-10-13-16-19-22-25-28-30-32-34-35-36-37-38-39-40-41-43-44-46-49-52-55-58-61-64-67-70-76(79)82-73-74(72-81-75(78)69-66-63-60-57-54-51-48-27-24-21-18-15-12-9-6-3)83-77(80)71-68-65-62-59-56-53-50-47-45-42-33-31-29-26-23-20-17-14-11-8-5-2/h8-9,11-12,17-18,20-21,26-27,29-30,32-33,42,47-48,50,56,59,74H,4-7,10,13-16,19,22-25,28,31,34-41,43-46,49,51-55,57-58,60-73H2,1-3H3/b11-8-,12-9-,20-17-,21-18-,29-26-,32-30-,42-33-,48-27-,50-47-,59-56-. The topological polar surface area (TPSA) is 78.9 Å². The van der Waals surface area contributed by atoms with E-state index in [1.807, 2.05) is 0 Å². The molecule has 6 heteroatoms. The number of carbonyl (C=O) groups excluding carboxylic acids is 3. The van der Waals surface area contributed by atoms with Crippen molar-refractivity contribution < 1.29 is 28.6 Å². The number of allylic oxidation sites excluding steroid dienone is 20. The van der Waals surface area contributed by atoms with Crippen LogP contribution in [0.25, 0.3) is 0 Å². The number of ether oxygens (including phenoxy) is 3. The zero-order valence-corrected chi connectivity index (χ0v) is 54.4. The normalized spacial score (nSPS) is 12.9. The summed E-state index contributed by atoms with van der Waals surface area (Å²) in [5.41, 5.74) is 0. The Morgan fingerprint density at radius 2 is 0.470 bits per heavy atom. The molecular formula is C77H130O6. The third kappa shape index (κ3) is 68.5. The molecule has 0 rings (SSSR count). The third-order valence-corrected chi connectivity index (χ3v) is 14.9. The molecule has 1 unspecified atom stereocenters. The predicted octanol–water partition coefficient (Wildman–Crippen LogP) is 24.3. The van der Waals surface area contributed by atoms with E-state index in [-0.39, 0.29) is 37.5 Å². The molecule has 0 radical (unpaired) electrons. The Labute approximate surface area is 513 Å². The van der Waals surface area contributed by atoms with Gasteiger partial charge in [0, 0.05) is 19.3 Å². The molecule has 0 amide bonds. The second-order valence-electron chi connectivity index (χ2n) is 23.0. The lowest BCUT2D eigenvalue weighted by molar-refractivity contribution is -0.167. The molecule has 0 bridgehead atoms. The molecule has 0 fully saturated rings. The fourth-order valence-electron chi connectivity index (χ4n) is 9.75. The van der Waals surface area contributed by atoms with E-state index >= 15 is 0 Å². The second-order valence-corrected chi connectivity index (χ2v) is 23.0. The van der Waals surface area contributed by atoms with Crippen LogP contribution in [0.2, 0.25) is 0 Å². The van der Waals surface area contributed by atoms with Gasteiger partial charge < -0.3 is 14.2 Å². The average Bonchev–Trinajstić information content (AvgIpc) is 3.49. The second kappa shape index (κ2) is 70.3. The molecule has 0 aromatic heterocycles. The maximum Gasteiger partial charge on any atom is 0.306 e. The van der Waals surface area contributed by atoms with Gasteiger partial charge in [0.05, 0.1) is 0 Å². The van der Waals surface area contributed by atoms with Crippen LogP contribution in [-0.4, -0.2) is 37.2 Å². The van der Waals surface area contributed by atoms with Gasteiger partial charge in [-0.3, -0.25) is 14.4 Å².